The number of nitrogens with one attached hydrogen (secondary N) is 2. The van der Waals surface area contributed by atoms with Crippen LogP contribution in [-0.4, -0.2) is 66.5 Å². The summed E-state index contributed by atoms with van der Waals surface area (Å²) in [6.45, 7) is 4.94. The van der Waals surface area contributed by atoms with E-state index in [2.05, 4.69) is 32.4 Å². The smallest absolute Gasteiger partial charge is 0.416 e. The zero-order valence-electron chi connectivity index (χ0n) is 25.4. The number of ether oxygens (including phenoxy) is 1. The molecule has 0 spiro atoms. The first-order valence-electron chi connectivity index (χ1n) is 15.3. The molecular weight excluding hydrogens is 639 g/mol. The lowest BCUT2D eigenvalue weighted by molar-refractivity contribution is -0.151. The molecule has 5 heterocycles. The van der Waals surface area contributed by atoms with Crippen molar-refractivity contribution in [3.05, 3.63) is 64.8 Å². The number of benzene rings is 1. The van der Waals surface area contributed by atoms with E-state index in [-0.39, 0.29) is 23.5 Å². The fraction of sp³-hybridized carbons (Fsp3) is 0.406. The van der Waals surface area contributed by atoms with Gasteiger partial charge in [0.2, 0.25) is 0 Å². The summed E-state index contributed by atoms with van der Waals surface area (Å²) >= 11 is 6.71. The molecule has 4 aromatic rings. The van der Waals surface area contributed by atoms with Gasteiger partial charge >= 0.3 is 12.1 Å². The molecule has 246 valence electrons. The van der Waals surface area contributed by atoms with Crippen molar-refractivity contribution in [1.82, 2.24) is 24.3 Å². The van der Waals surface area contributed by atoms with E-state index in [1.807, 2.05) is 11.3 Å². The number of carboxylic acids is 1. The molecule has 2 aliphatic heterocycles. The molecular formula is C32H31ClF3N7O4. The van der Waals surface area contributed by atoms with E-state index < -0.39 is 35.1 Å². The van der Waals surface area contributed by atoms with Crippen LogP contribution in [0.15, 0.2) is 42.7 Å². The summed E-state index contributed by atoms with van der Waals surface area (Å²) in [4.78, 5) is 40.6. The van der Waals surface area contributed by atoms with E-state index in [0.29, 0.717) is 65.3 Å². The van der Waals surface area contributed by atoms with Crippen LogP contribution in [0.1, 0.15) is 67.4 Å². The van der Waals surface area contributed by atoms with Gasteiger partial charge in [0.1, 0.15) is 34.1 Å². The minimum atomic E-state index is -4.57. The van der Waals surface area contributed by atoms with Gasteiger partial charge in [-0.2, -0.15) is 13.2 Å². The monoisotopic (exact) mass is 669 g/mol. The van der Waals surface area contributed by atoms with Gasteiger partial charge in [-0.05, 0) is 69.9 Å². The topological polar surface area (TPSA) is 134 Å². The number of morpholine rings is 1. The van der Waals surface area contributed by atoms with Gasteiger partial charge in [-0.15, -0.1) is 0 Å². The summed E-state index contributed by atoms with van der Waals surface area (Å²) in [5.74, 6) is -0.548. The molecule has 3 aliphatic rings. The minimum absolute atomic E-state index is 0.137. The van der Waals surface area contributed by atoms with E-state index in [1.165, 1.54) is 6.20 Å². The Bertz CT molecular complexity index is 1910. The van der Waals surface area contributed by atoms with Gasteiger partial charge in [0.05, 0.1) is 29.5 Å². The van der Waals surface area contributed by atoms with Crippen LogP contribution in [0.5, 0.6) is 0 Å². The maximum atomic E-state index is 13.1. The molecule has 1 saturated carbocycles. The highest BCUT2D eigenvalue weighted by Crippen LogP contribution is 2.45. The van der Waals surface area contributed by atoms with Gasteiger partial charge in [0, 0.05) is 36.0 Å². The molecule has 0 radical (unpaired) electrons. The summed E-state index contributed by atoms with van der Waals surface area (Å²) in [6, 6.07) is 6.82. The molecule has 0 unspecified atom stereocenters. The normalized spacial score (nSPS) is 24.4. The van der Waals surface area contributed by atoms with Crippen molar-refractivity contribution in [3.8, 4) is 11.3 Å². The van der Waals surface area contributed by atoms with Gasteiger partial charge in [-0.3, -0.25) is 18.9 Å². The second kappa shape index (κ2) is 11.5. The van der Waals surface area contributed by atoms with Crippen molar-refractivity contribution in [1.29, 1.82) is 0 Å². The van der Waals surface area contributed by atoms with Crippen molar-refractivity contribution >= 4 is 46.3 Å². The number of anilines is 3. The van der Waals surface area contributed by atoms with Crippen molar-refractivity contribution < 1.29 is 32.6 Å². The van der Waals surface area contributed by atoms with Gasteiger partial charge in [0.25, 0.3) is 5.91 Å². The second-order valence-corrected chi connectivity index (χ2v) is 13.1. The fourth-order valence-electron chi connectivity index (χ4n) is 6.82. The first-order chi connectivity index (χ1) is 22.3. The summed E-state index contributed by atoms with van der Waals surface area (Å²) in [5.41, 5.74) is 1.02. The quantitative estimate of drug-likeness (QED) is 0.190. The average Bonchev–Trinajstić information content (AvgIpc) is 3.45. The maximum Gasteiger partial charge on any atom is 0.416 e. The third kappa shape index (κ3) is 5.57. The number of amides is 1. The van der Waals surface area contributed by atoms with E-state index in [1.54, 1.807) is 18.2 Å². The number of carboxylic acid groups (broad SMARTS) is 1. The van der Waals surface area contributed by atoms with Crippen LogP contribution in [-0.2, 0) is 15.7 Å². The van der Waals surface area contributed by atoms with E-state index >= 15 is 0 Å². The Hall–Kier alpha value is -4.27. The first kappa shape index (κ1) is 31.3. The summed E-state index contributed by atoms with van der Waals surface area (Å²) in [5, 5.41) is 15.7. The number of imidazole rings is 1. The molecule has 15 heteroatoms. The molecule has 3 N–H and O–H groups in total. The van der Waals surface area contributed by atoms with Crippen LogP contribution in [0.25, 0.3) is 16.8 Å². The van der Waals surface area contributed by atoms with Crippen molar-refractivity contribution in [3.63, 3.8) is 0 Å². The molecule has 3 aromatic heterocycles. The molecule has 47 heavy (non-hydrogen) atoms. The number of carbonyl (C=O) groups excluding carboxylic acids is 1. The standard InChI is InChI=1S/C32H31ClF3N7O4/c1-16-15-47-22(14-42(16)19-5-8-31(2,9-6-19)30(45)46)28-41-25-20-4-3-17(11-21(20)39-27-26(25)43(28)23(33)13-38-27)29(44)40-24-12-18(7-10-37-24)32(34,35)36/h3-4,7,10-13,16,19,22H,5-6,8-9,14-15H2,1-2H3,(H,38,39)(H,45,46)(H,37,40,44)/t16-,19?,22+,31?/m0/s1. The minimum Gasteiger partial charge on any atom is -0.481 e. The molecule has 1 aliphatic carbocycles. The Labute approximate surface area is 272 Å². The highest BCUT2D eigenvalue weighted by Gasteiger charge is 2.42. The molecule has 1 amide bonds. The molecule has 1 aromatic carbocycles. The van der Waals surface area contributed by atoms with E-state index in [9.17, 15) is 27.9 Å². The Balaban J connectivity index is 1.17. The van der Waals surface area contributed by atoms with E-state index in [0.717, 1.165) is 31.2 Å². The van der Waals surface area contributed by atoms with Gasteiger partial charge in [-0.25, -0.2) is 15.0 Å². The lowest BCUT2D eigenvalue weighted by atomic mass is 9.73. The van der Waals surface area contributed by atoms with E-state index in [4.69, 9.17) is 21.3 Å². The zero-order chi connectivity index (χ0) is 33.2. The number of rotatable bonds is 5. The summed E-state index contributed by atoms with van der Waals surface area (Å²) < 4.78 is 47.6. The molecule has 11 nitrogen and oxygen atoms in total. The Kier molecular flexibility index (Phi) is 7.64. The Morgan fingerprint density at radius 2 is 1.94 bits per heavy atom. The largest absolute Gasteiger partial charge is 0.481 e. The number of fused-ring (bicyclic) bond motifs is 2. The maximum absolute atomic E-state index is 13.1. The van der Waals surface area contributed by atoms with Crippen molar-refractivity contribution in [2.75, 3.05) is 23.8 Å². The van der Waals surface area contributed by atoms with Gasteiger partial charge < -0.3 is 20.5 Å². The number of aliphatic carboxylic acids is 1. The van der Waals surface area contributed by atoms with Crippen LogP contribution in [0.2, 0.25) is 5.15 Å². The molecule has 2 fully saturated rings. The summed E-state index contributed by atoms with van der Waals surface area (Å²) in [7, 11) is 0. The van der Waals surface area contributed by atoms with Crippen molar-refractivity contribution in [2.24, 2.45) is 5.41 Å². The van der Waals surface area contributed by atoms with Crippen LogP contribution in [0, 0.1) is 5.41 Å². The number of aromatic nitrogens is 4. The van der Waals surface area contributed by atoms with Gasteiger partial charge in [-0.1, -0.05) is 11.6 Å². The Morgan fingerprint density at radius 1 is 1.17 bits per heavy atom. The first-order valence-corrected chi connectivity index (χ1v) is 15.6. The number of nitrogens with zero attached hydrogens (tertiary/aromatic N) is 5. The SMILES string of the molecule is C[C@H]1CO[C@@H](c2nc3c4c(ncc(Cl)n24)Nc2cc(C(=O)Nc4cc(C(F)(F)F)ccn4)ccc2-3)CN1C1CCC(C)(C(=O)O)CC1. The molecule has 0 bridgehead atoms. The van der Waals surface area contributed by atoms with Gasteiger partial charge in [0.15, 0.2) is 5.82 Å². The molecule has 7 rings (SSSR count). The van der Waals surface area contributed by atoms with Crippen LogP contribution < -0.4 is 10.6 Å². The molecule has 2 atom stereocenters. The molecule has 1 saturated heterocycles. The lowest BCUT2D eigenvalue weighted by Gasteiger charge is -2.46. The predicted molar refractivity (Wildman–Crippen MR) is 167 cm³/mol. The number of alkyl halides is 3. The highest BCUT2D eigenvalue weighted by atomic mass is 35.5. The number of carbonyl (C=O) groups is 2. The predicted octanol–water partition coefficient (Wildman–Crippen LogP) is 6.57. The zero-order valence-corrected chi connectivity index (χ0v) is 26.2. The second-order valence-electron chi connectivity index (χ2n) is 12.7. The van der Waals surface area contributed by atoms with Crippen LogP contribution in [0.3, 0.4) is 0 Å². The highest BCUT2D eigenvalue weighted by molar-refractivity contribution is 6.30. The average molecular weight is 670 g/mol. The summed E-state index contributed by atoms with van der Waals surface area (Å²) in [6.07, 6.45) is 0.259. The van der Waals surface area contributed by atoms with Crippen LogP contribution in [0.4, 0.5) is 30.5 Å². The number of pyridine rings is 1. The third-order valence-corrected chi connectivity index (χ3v) is 9.84. The lowest BCUT2D eigenvalue weighted by Crippen LogP contribution is -2.52. The number of hydrogen-bond acceptors (Lipinski definition) is 8. The van der Waals surface area contributed by atoms with Crippen LogP contribution >= 0.6 is 11.6 Å². The fourth-order valence-corrected chi connectivity index (χ4v) is 7.04. The number of hydrogen-bond donors (Lipinski definition) is 3. The Morgan fingerprint density at radius 3 is 2.66 bits per heavy atom. The third-order valence-electron chi connectivity index (χ3n) is 9.57. The number of halogens is 4. The van der Waals surface area contributed by atoms with Crippen molar-refractivity contribution in [2.45, 2.75) is 63.9 Å².